The molecule has 5 heterocycles. The molecule has 2 aliphatic heterocycles. The molecule has 134 valence electrons. The first-order valence-electron chi connectivity index (χ1n) is 8.98. The first kappa shape index (κ1) is 16.4. The molecule has 0 radical (unpaired) electrons. The molecule has 27 heavy (non-hydrogen) atoms. The second kappa shape index (κ2) is 6.12. The summed E-state index contributed by atoms with van der Waals surface area (Å²) in [6.07, 6.45) is 6.70. The number of nitrogens with zero attached hydrogens (tertiary/aromatic N) is 5. The zero-order chi connectivity index (χ0) is 18.5. The number of nitriles is 1. The summed E-state index contributed by atoms with van der Waals surface area (Å²) in [7, 11) is 2.16. The summed E-state index contributed by atoms with van der Waals surface area (Å²) >= 11 is 1.61. The Morgan fingerprint density at radius 2 is 2.11 bits per heavy atom. The van der Waals surface area contributed by atoms with E-state index in [4.69, 9.17) is 5.73 Å². The Kier molecular flexibility index (Phi) is 3.71. The SMILES string of the molecule is CN1[C@H]2CC[C@@H]1c1c(nc(N)c(C#N)c1-c1cnc(-c3cccs3)nc1)C2. The lowest BCUT2D eigenvalue weighted by Crippen LogP contribution is -2.35. The molecule has 0 unspecified atom stereocenters. The number of nitrogens with two attached hydrogens (primary N) is 1. The highest BCUT2D eigenvalue weighted by Gasteiger charge is 2.41. The normalized spacial score (nSPS) is 21.0. The highest BCUT2D eigenvalue weighted by Crippen LogP contribution is 2.47. The van der Waals surface area contributed by atoms with Gasteiger partial charge >= 0.3 is 0 Å². The van der Waals surface area contributed by atoms with Gasteiger partial charge in [0.15, 0.2) is 5.82 Å². The van der Waals surface area contributed by atoms with Crippen molar-refractivity contribution in [1.82, 2.24) is 19.9 Å². The molecule has 2 bridgehead atoms. The minimum Gasteiger partial charge on any atom is -0.383 e. The van der Waals surface area contributed by atoms with Crippen LogP contribution in [0, 0.1) is 11.3 Å². The monoisotopic (exact) mass is 374 g/mol. The van der Waals surface area contributed by atoms with Crippen LogP contribution in [-0.4, -0.2) is 32.9 Å². The van der Waals surface area contributed by atoms with Crippen molar-refractivity contribution in [1.29, 1.82) is 5.26 Å². The third-order valence-corrected chi connectivity index (χ3v) is 6.60. The van der Waals surface area contributed by atoms with E-state index in [1.807, 2.05) is 17.5 Å². The zero-order valence-electron chi connectivity index (χ0n) is 14.9. The van der Waals surface area contributed by atoms with Gasteiger partial charge in [-0.1, -0.05) is 6.07 Å². The average molecular weight is 374 g/mol. The van der Waals surface area contributed by atoms with E-state index < -0.39 is 0 Å². The predicted molar refractivity (Wildman–Crippen MR) is 105 cm³/mol. The molecule has 3 aromatic heterocycles. The predicted octanol–water partition coefficient (Wildman–Crippen LogP) is 3.41. The Bertz CT molecular complexity index is 1050. The molecule has 0 amide bonds. The van der Waals surface area contributed by atoms with Crippen molar-refractivity contribution in [2.45, 2.75) is 31.3 Å². The maximum absolute atomic E-state index is 9.78. The van der Waals surface area contributed by atoms with Crippen LogP contribution in [0.4, 0.5) is 5.82 Å². The van der Waals surface area contributed by atoms with E-state index in [1.54, 1.807) is 23.7 Å². The van der Waals surface area contributed by atoms with Gasteiger partial charge in [-0.2, -0.15) is 5.26 Å². The first-order chi connectivity index (χ1) is 13.2. The maximum Gasteiger partial charge on any atom is 0.169 e. The summed E-state index contributed by atoms with van der Waals surface area (Å²) in [5.74, 6) is 0.999. The molecular weight excluding hydrogens is 356 g/mol. The number of thiophene rings is 1. The van der Waals surface area contributed by atoms with Crippen molar-refractivity contribution in [2.24, 2.45) is 0 Å². The third-order valence-electron chi connectivity index (χ3n) is 5.74. The number of aromatic nitrogens is 3. The van der Waals surface area contributed by atoms with Crippen LogP contribution in [0.2, 0.25) is 0 Å². The Morgan fingerprint density at radius 1 is 1.30 bits per heavy atom. The quantitative estimate of drug-likeness (QED) is 0.739. The molecule has 1 fully saturated rings. The fourth-order valence-corrected chi connectivity index (χ4v) is 5.09. The molecule has 1 saturated heterocycles. The van der Waals surface area contributed by atoms with Gasteiger partial charge in [0, 0.05) is 53.3 Å². The number of hydrogen-bond acceptors (Lipinski definition) is 7. The second-order valence-electron chi connectivity index (χ2n) is 7.11. The smallest absolute Gasteiger partial charge is 0.169 e. The molecule has 3 aromatic rings. The highest BCUT2D eigenvalue weighted by atomic mass is 32.1. The van der Waals surface area contributed by atoms with Crippen LogP contribution >= 0.6 is 11.3 Å². The van der Waals surface area contributed by atoms with E-state index in [-0.39, 0.29) is 6.04 Å². The summed E-state index contributed by atoms with van der Waals surface area (Å²) in [6.45, 7) is 0. The lowest BCUT2D eigenvalue weighted by Gasteiger charge is -2.34. The molecule has 2 N–H and O–H groups in total. The Morgan fingerprint density at radius 3 is 2.81 bits per heavy atom. The fourth-order valence-electron chi connectivity index (χ4n) is 4.42. The summed E-state index contributed by atoms with van der Waals surface area (Å²) in [6, 6.07) is 7.03. The van der Waals surface area contributed by atoms with Crippen LogP contribution in [0.25, 0.3) is 21.8 Å². The van der Waals surface area contributed by atoms with Gasteiger partial charge < -0.3 is 5.73 Å². The van der Waals surface area contributed by atoms with Crippen LogP contribution in [0.5, 0.6) is 0 Å². The third kappa shape index (κ3) is 2.45. The Hall–Kier alpha value is -2.82. The maximum atomic E-state index is 9.78. The molecule has 2 atom stereocenters. The average Bonchev–Trinajstić information content (AvgIpc) is 3.28. The number of fused-ring (bicyclic) bond motifs is 4. The van der Waals surface area contributed by atoms with Gasteiger partial charge in [0.25, 0.3) is 0 Å². The molecule has 6 nitrogen and oxygen atoms in total. The molecule has 0 saturated carbocycles. The van der Waals surface area contributed by atoms with Crippen molar-refractivity contribution >= 4 is 17.2 Å². The number of pyridine rings is 1. The summed E-state index contributed by atoms with van der Waals surface area (Å²) in [4.78, 5) is 17.1. The second-order valence-corrected chi connectivity index (χ2v) is 8.06. The van der Waals surface area contributed by atoms with E-state index in [0.29, 0.717) is 23.2 Å². The topological polar surface area (TPSA) is 91.7 Å². The molecule has 5 rings (SSSR count). The Labute approximate surface area is 161 Å². The zero-order valence-corrected chi connectivity index (χ0v) is 15.7. The number of hydrogen-bond donors (Lipinski definition) is 1. The van der Waals surface area contributed by atoms with Gasteiger partial charge in [0.05, 0.1) is 4.88 Å². The number of likely N-dealkylation sites (N-methyl/N-ethyl adjacent to an activating group) is 1. The standard InChI is InChI=1S/C20H18N6S/c1-26-12-4-5-15(26)18-14(7-12)25-19(22)13(8-21)17(18)11-9-23-20(24-10-11)16-3-2-6-27-16/h2-3,6,9-10,12,15H,4-5,7H2,1H3,(H2,22,25)/t12-,15+/m0/s1. The number of anilines is 1. The van der Waals surface area contributed by atoms with Gasteiger partial charge in [-0.05, 0) is 31.3 Å². The molecule has 0 aromatic carbocycles. The molecule has 0 aliphatic carbocycles. The lowest BCUT2D eigenvalue weighted by molar-refractivity contribution is 0.222. The van der Waals surface area contributed by atoms with Gasteiger partial charge in [-0.15, -0.1) is 11.3 Å². The van der Waals surface area contributed by atoms with E-state index in [9.17, 15) is 5.26 Å². The van der Waals surface area contributed by atoms with Gasteiger partial charge in [0.2, 0.25) is 0 Å². The van der Waals surface area contributed by atoms with E-state index in [2.05, 4.69) is 33.0 Å². The van der Waals surface area contributed by atoms with Crippen molar-refractivity contribution < 1.29 is 0 Å². The van der Waals surface area contributed by atoms with E-state index in [0.717, 1.165) is 46.5 Å². The van der Waals surface area contributed by atoms with E-state index >= 15 is 0 Å². The van der Waals surface area contributed by atoms with Crippen molar-refractivity contribution in [3.05, 3.63) is 46.7 Å². The summed E-state index contributed by atoms with van der Waals surface area (Å²) in [5.41, 5.74) is 10.4. The summed E-state index contributed by atoms with van der Waals surface area (Å²) in [5, 5.41) is 11.8. The minimum absolute atomic E-state index is 0.269. The van der Waals surface area contributed by atoms with Crippen molar-refractivity contribution in [3.8, 4) is 27.9 Å². The van der Waals surface area contributed by atoms with Crippen LogP contribution < -0.4 is 5.73 Å². The van der Waals surface area contributed by atoms with E-state index in [1.165, 1.54) is 0 Å². The molecular formula is C20H18N6S. The summed E-state index contributed by atoms with van der Waals surface area (Å²) < 4.78 is 0. The van der Waals surface area contributed by atoms with Crippen LogP contribution in [0.15, 0.2) is 29.9 Å². The Balaban J connectivity index is 1.70. The van der Waals surface area contributed by atoms with Crippen LogP contribution in [-0.2, 0) is 6.42 Å². The highest BCUT2D eigenvalue weighted by molar-refractivity contribution is 7.13. The molecule has 0 spiro atoms. The minimum atomic E-state index is 0.269. The van der Waals surface area contributed by atoms with Gasteiger partial charge in [0.1, 0.15) is 17.5 Å². The van der Waals surface area contributed by atoms with Gasteiger partial charge in [-0.25, -0.2) is 15.0 Å². The van der Waals surface area contributed by atoms with Crippen molar-refractivity contribution in [2.75, 3.05) is 12.8 Å². The first-order valence-corrected chi connectivity index (χ1v) is 9.86. The number of rotatable bonds is 2. The van der Waals surface area contributed by atoms with Crippen molar-refractivity contribution in [3.63, 3.8) is 0 Å². The fraction of sp³-hybridized carbons (Fsp3) is 0.300. The van der Waals surface area contributed by atoms with Crippen LogP contribution in [0.3, 0.4) is 0 Å². The number of nitrogen functional groups attached to an aromatic ring is 1. The van der Waals surface area contributed by atoms with Crippen LogP contribution in [0.1, 0.15) is 35.7 Å². The lowest BCUT2D eigenvalue weighted by atomic mass is 9.88. The molecule has 7 heteroatoms. The molecule has 2 aliphatic rings. The van der Waals surface area contributed by atoms with Gasteiger partial charge in [-0.3, -0.25) is 4.90 Å². The largest absolute Gasteiger partial charge is 0.383 e.